The van der Waals surface area contributed by atoms with Crippen LogP contribution in [0.5, 0.6) is 0 Å². The van der Waals surface area contributed by atoms with E-state index in [0.29, 0.717) is 0 Å². The number of carbonyl (C=O) groups is 3. The summed E-state index contributed by atoms with van der Waals surface area (Å²) in [7, 11) is 0. The Morgan fingerprint density at radius 2 is 1.63 bits per heavy atom. The standard InChI is InChI=1S/C23H24N2O5/c1-14(22(27)28)11-12-24-21(26)15(2)25-23(29)30-13-20-18-9-5-3-7-16(18)17-8-4-6-10-19(17)20/h3-11,15,20H,12-13H2,1-2H3,(H,24,26)(H,25,29)(H,27,28)/b14-11+. The van der Waals surface area contributed by atoms with Crippen LogP contribution in [0.4, 0.5) is 4.79 Å². The number of hydrogen-bond acceptors (Lipinski definition) is 4. The maximum atomic E-state index is 12.2. The Kier molecular flexibility index (Phi) is 6.51. The topological polar surface area (TPSA) is 105 Å². The van der Waals surface area contributed by atoms with Gasteiger partial charge in [-0.1, -0.05) is 54.6 Å². The van der Waals surface area contributed by atoms with E-state index >= 15 is 0 Å². The highest BCUT2D eigenvalue weighted by atomic mass is 16.5. The van der Waals surface area contributed by atoms with Crippen molar-refractivity contribution >= 4 is 18.0 Å². The van der Waals surface area contributed by atoms with Crippen LogP contribution < -0.4 is 10.6 Å². The van der Waals surface area contributed by atoms with Gasteiger partial charge in [0.15, 0.2) is 0 Å². The van der Waals surface area contributed by atoms with Crippen molar-refractivity contribution in [3.05, 3.63) is 71.3 Å². The monoisotopic (exact) mass is 408 g/mol. The molecule has 7 nitrogen and oxygen atoms in total. The molecular weight excluding hydrogens is 384 g/mol. The molecular formula is C23H24N2O5. The maximum Gasteiger partial charge on any atom is 0.407 e. The summed E-state index contributed by atoms with van der Waals surface area (Å²) in [5.74, 6) is -1.54. The van der Waals surface area contributed by atoms with Crippen molar-refractivity contribution in [2.45, 2.75) is 25.8 Å². The Hall–Kier alpha value is -3.61. The number of hydrogen-bond donors (Lipinski definition) is 3. The molecule has 1 aliphatic carbocycles. The number of alkyl carbamates (subject to hydrolysis) is 1. The number of amides is 2. The third kappa shape index (κ3) is 4.68. The molecule has 2 amide bonds. The molecule has 0 saturated carbocycles. The van der Waals surface area contributed by atoms with Crippen LogP contribution in [0.25, 0.3) is 11.1 Å². The van der Waals surface area contributed by atoms with Gasteiger partial charge in [-0.2, -0.15) is 0 Å². The third-order valence-electron chi connectivity index (χ3n) is 5.09. The molecule has 1 unspecified atom stereocenters. The molecule has 0 fully saturated rings. The van der Waals surface area contributed by atoms with Gasteiger partial charge in [0.2, 0.25) is 5.91 Å². The second-order valence-electron chi connectivity index (χ2n) is 7.13. The summed E-state index contributed by atoms with van der Waals surface area (Å²) < 4.78 is 5.41. The molecule has 30 heavy (non-hydrogen) atoms. The Morgan fingerprint density at radius 1 is 1.07 bits per heavy atom. The lowest BCUT2D eigenvalue weighted by Gasteiger charge is -2.17. The minimum atomic E-state index is -1.05. The van der Waals surface area contributed by atoms with E-state index in [2.05, 4.69) is 22.8 Å². The molecule has 0 radical (unpaired) electrons. The first kappa shape index (κ1) is 21.1. The SMILES string of the molecule is C/C(=C\CNC(=O)C(C)NC(=O)OCC1c2ccccc2-c2ccccc21)C(=O)O. The second-order valence-corrected chi connectivity index (χ2v) is 7.13. The molecule has 0 heterocycles. The number of carboxylic acids is 1. The normalized spacial score (nSPS) is 13.7. The summed E-state index contributed by atoms with van der Waals surface area (Å²) in [6.07, 6.45) is 0.706. The van der Waals surface area contributed by atoms with Gasteiger partial charge in [-0.25, -0.2) is 9.59 Å². The van der Waals surface area contributed by atoms with E-state index in [9.17, 15) is 14.4 Å². The van der Waals surface area contributed by atoms with Crippen LogP contribution in [0.2, 0.25) is 0 Å². The minimum Gasteiger partial charge on any atom is -0.478 e. The molecule has 0 aromatic heterocycles. The first-order valence-electron chi connectivity index (χ1n) is 9.67. The van der Waals surface area contributed by atoms with Gasteiger partial charge in [-0.3, -0.25) is 4.79 Å². The lowest BCUT2D eigenvalue weighted by Crippen LogP contribution is -2.45. The molecule has 0 spiro atoms. The van der Waals surface area contributed by atoms with Crippen molar-refractivity contribution in [3.8, 4) is 11.1 Å². The molecule has 2 aromatic rings. The summed E-state index contributed by atoms with van der Waals surface area (Å²) in [5, 5.41) is 13.8. The average molecular weight is 408 g/mol. The smallest absolute Gasteiger partial charge is 0.407 e. The largest absolute Gasteiger partial charge is 0.478 e. The van der Waals surface area contributed by atoms with Crippen LogP contribution in [-0.2, 0) is 14.3 Å². The predicted octanol–water partition coefficient (Wildman–Crippen LogP) is 3.06. The highest BCUT2D eigenvalue weighted by molar-refractivity contribution is 5.87. The molecule has 156 valence electrons. The summed E-state index contributed by atoms with van der Waals surface area (Å²) in [6.45, 7) is 3.19. The second kappa shape index (κ2) is 9.26. The van der Waals surface area contributed by atoms with Crippen LogP contribution in [-0.4, -0.2) is 42.3 Å². The average Bonchev–Trinajstić information content (AvgIpc) is 3.05. The highest BCUT2D eigenvalue weighted by Crippen LogP contribution is 2.44. The molecule has 1 aliphatic rings. The predicted molar refractivity (Wildman–Crippen MR) is 112 cm³/mol. The lowest BCUT2D eigenvalue weighted by molar-refractivity contribution is -0.132. The number of fused-ring (bicyclic) bond motifs is 3. The van der Waals surface area contributed by atoms with Gasteiger partial charge in [-0.15, -0.1) is 0 Å². The molecule has 3 rings (SSSR count). The van der Waals surface area contributed by atoms with Crippen molar-refractivity contribution in [2.75, 3.05) is 13.2 Å². The number of carbonyl (C=O) groups excluding carboxylic acids is 2. The summed E-state index contributed by atoms with van der Waals surface area (Å²) in [5.41, 5.74) is 4.63. The number of benzene rings is 2. The first-order chi connectivity index (χ1) is 14.4. The fraction of sp³-hybridized carbons (Fsp3) is 0.261. The summed E-state index contributed by atoms with van der Waals surface area (Å²) in [4.78, 5) is 35.0. The fourth-order valence-corrected chi connectivity index (χ4v) is 3.43. The molecule has 0 aliphatic heterocycles. The van der Waals surface area contributed by atoms with Gasteiger partial charge < -0.3 is 20.5 Å². The van der Waals surface area contributed by atoms with Crippen molar-refractivity contribution < 1.29 is 24.2 Å². The zero-order chi connectivity index (χ0) is 21.7. The van der Waals surface area contributed by atoms with Crippen molar-refractivity contribution in [2.24, 2.45) is 0 Å². The van der Waals surface area contributed by atoms with Gasteiger partial charge in [0, 0.05) is 18.0 Å². The minimum absolute atomic E-state index is 0.0589. The van der Waals surface area contributed by atoms with Crippen LogP contribution >= 0.6 is 0 Å². The number of carboxylic acid groups (broad SMARTS) is 1. The van der Waals surface area contributed by atoms with E-state index in [-0.39, 0.29) is 24.6 Å². The van der Waals surface area contributed by atoms with Crippen LogP contribution in [0.15, 0.2) is 60.2 Å². The number of aliphatic carboxylic acids is 1. The summed E-state index contributed by atoms with van der Waals surface area (Å²) in [6, 6.07) is 15.3. The zero-order valence-corrected chi connectivity index (χ0v) is 16.8. The quantitative estimate of drug-likeness (QED) is 0.611. The Morgan fingerprint density at radius 3 is 2.20 bits per heavy atom. The van der Waals surface area contributed by atoms with Crippen LogP contribution in [0, 0.1) is 0 Å². The molecule has 7 heteroatoms. The Bertz CT molecular complexity index is 953. The molecule has 1 atom stereocenters. The summed E-state index contributed by atoms with van der Waals surface area (Å²) >= 11 is 0. The fourth-order valence-electron chi connectivity index (χ4n) is 3.43. The molecule has 0 bridgehead atoms. The van der Waals surface area contributed by atoms with Gasteiger partial charge in [0.25, 0.3) is 0 Å². The third-order valence-corrected chi connectivity index (χ3v) is 5.09. The molecule has 0 saturated heterocycles. The van der Waals surface area contributed by atoms with Gasteiger partial charge in [0.1, 0.15) is 12.6 Å². The molecule has 2 aromatic carbocycles. The maximum absolute atomic E-state index is 12.2. The molecule has 3 N–H and O–H groups in total. The number of ether oxygens (including phenoxy) is 1. The number of rotatable bonds is 7. The Labute approximate surface area is 174 Å². The van der Waals surface area contributed by atoms with E-state index in [1.54, 1.807) is 0 Å². The van der Waals surface area contributed by atoms with Crippen molar-refractivity contribution in [1.29, 1.82) is 0 Å². The van der Waals surface area contributed by atoms with E-state index in [4.69, 9.17) is 9.84 Å². The van der Waals surface area contributed by atoms with Crippen LogP contribution in [0.1, 0.15) is 30.9 Å². The van der Waals surface area contributed by atoms with E-state index in [1.807, 2.05) is 36.4 Å². The highest BCUT2D eigenvalue weighted by Gasteiger charge is 2.29. The van der Waals surface area contributed by atoms with E-state index in [0.717, 1.165) is 22.3 Å². The zero-order valence-electron chi connectivity index (χ0n) is 16.8. The van der Waals surface area contributed by atoms with Gasteiger partial charge in [0.05, 0.1) is 0 Å². The van der Waals surface area contributed by atoms with Crippen LogP contribution in [0.3, 0.4) is 0 Å². The number of nitrogens with one attached hydrogen (secondary N) is 2. The lowest BCUT2D eigenvalue weighted by atomic mass is 9.98. The Balaban J connectivity index is 1.54. The van der Waals surface area contributed by atoms with Crippen molar-refractivity contribution in [3.63, 3.8) is 0 Å². The van der Waals surface area contributed by atoms with Crippen molar-refractivity contribution in [1.82, 2.24) is 10.6 Å². The van der Waals surface area contributed by atoms with Gasteiger partial charge >= 0.3 is 12.1 Å². The van der Waals surface area contributed by atoms with E-state index < -0.39 is 24.0 Å². The van der Waals surface area contributed by atoms with E-state index in [1.165, 1.54) is 19.9 Å². The first-order valence-corrected chi connectivity index (χ1v) is 9.67. The van der Waals surface area contributed by atoms with Gasteiger partial charge in [-0.05, 0) is 36.1 Å².